The van der Waals surface area contributed by atoms with E-state index >= 15 is 0 Å². The summed E-state index contributed by atoms with van der Waals surface area (Å²) >= 11 is 6.03. The molecule has 1 unspecified atom stereocenters. The van der Waals surface area contributed by atoms with Gasteiger partial charge in [-0.3, -0.25) is 4.79 Å². The Kier molecular flexibility index (Phi) is 5.31. The minimum Gasteiger partial charge on any atom is -0.374 e. The molecule has 10 heteroatoms. The minimum absolute atomic E-state index is 0.127. The van der Waals surface area contributed by atoms with Gasteiger partial charge in [0.25, 0.3) is 5.56 Å². The lowest BCUT2D eigenvalue weighted by atomic mass is 10.1. The van der Waals surface area contributed by atoms with Crippen molar-refractivity contribution in [3.63, 3.8) is 0 Å². The molecule has 0 aliphatic heterocycles. The van der Waals surface area contributed by atoms with E-state index in [2.05, 4.69) is 31.8 Å². The highest BCUT2D eigenvalue weighted by Gasteiger charge is 2.16. The molecule has 0 radical (unpaired) electrons. The Hall–Kier alpha value is -3.90. The molecule has 9 nitrogen and oxygen atoms in total. The quantitative estimate of drug-likeness (QED) is 0.450. The van der Waals surface area contributed by atoms with Crippen LogP contribution < -0.4 is 16.2 Å². The number of benzene rings is 1. The van der Waals surface area contributed by atoms with Crippen LogP contribution in [0.4, 0.5) is 17.1 Å². The highest BCUT2D eigenvalue weighted by Crippen LogP contribution is 2.30. The highest BCUT2D eigenvalue weighted by atomic mass is 35.5. The Bertz CT molecular complexity index is 1390. The zero-order chi connectivity index (χ0) is 22.1. The lowest BCUT2D eigenvalue weighted by Gasteiger charge is -2.17. The fraction of sp³-hybridized carbons (Fsp3) is 0.190. The second-order valence-electron chi connectivity index (χ2n) is 6.99. The van der Waals surface area contributed by atoms with E-state index in [1.807, 2.05) is 25.1 Å². The zero-order valence-electron chi connectivity index (χ0n) is 17.0. The zero-order valence-corrected chi connectivity index (χ0v) is 17.7. The van der Waals surface area contributed by atoms with E-state index in [0.717, 1.165) is 16.6 Å². The first-order chi connectivity index (χ1) is 14.9. The molecule has 0 spiro atoms. The second kappa shape index (κ2) is 8.08. The van der Waals surface area contributed by atoms with Crippen molar-refractivity contribution in [3.8, 4) is 6.07 Å². The Morgan fingerprint density at radius 1 is 1.26 bits per heavy atom. The van der Waals surface area contributed by atoms with Crippen LogP contribution in [0.5, 0.6) is 0 Å². The predicted molar refractivity (Wildman–Crippen MR) is 118 cm³/mol. The topological polar surface area (TPSA) is 122 Å². The summed E-state index contributed by atoms with van der Waals surface area (Å²) in [7, 11) is 1.71. The van der Waals surface area contributed by atoms with Crippen LogP contribution in [0.1, 0.15) is 30.2 Å². The summed E-state index contributed by atoms with van der Waals surface area (Å²) in [5.74, 6) is 0.957. The van der Waals surface area contributed by atoms with E-state index in [1.54, 1.807) is 24.6 Å². The van der Waals surface area contributed by atoms with Gasteiger partial charge in [0.15, 0.2) is 5.82 Å². The maximum absolute atomic E-state index is 12.5. The lowest BCUT2D eigenvalue weighted by molar-refractivity contribution is 0.385. The van der Waals surface area contributed by atoms with Gasteiger partial charge in [0, 0.05) is 43.0 Å². The van der Waals surface area contributed by atoms with Crippen molar-refractivity contribution >= 4 is 39.6 Å². The monoisotopic (exact) mass is 435 g/mol. The van der Waals surface area contributed by atoms with Gasteiger partial charge >= 0.3 is 0 Å². The minimum atomic E-state index is -0.284. The standard InChI is InChI=1S/C21H18ClN7O2/c1-11(21-26-12(2)31-28-21)25-17-9-19(30)29(3)18-5-4-13(8-14(17)18)27-16-6-7-24-20(22)15(16)10-23/h4-9,11,25H,1-3H3,(H,24,27). The van der Waals surface area contributed by atoms with Crippen molar-refractivity contribution in [2.45, 2.75) is 19.9 Å². The number of nitrogens with one attached hydrogen (secondary N) is 2. The van der Waals surface area contributed by atoms with Gasteiger partial charge in [-0.25, -0.2) is 4.98 Å². The van der Waals surface area contributed by atoms with Gasteiger partial charge in [-0.15, -0.1) is 0 Å². The molecule has 0 amide bonds. The molecule has 3 heterocycles. The van der Waals surface area contributed by atoms with E-state index in [4.69, 9.17) is 16.1 Å². The van der Waals surface area contributed by atoms with Crippen LogP contribution in [0.25, 0.3) is 10.9 Å². The molecule has 4 aromatic rings. The molecule has 0 fully saturated rings. The van der Waals surface area contributed by atoms with Crippen molar-refractivity contribution in [2.75, 3.05) is 10.6 Å². The molecule has 0 aliphatic carbocycles. The van der Waals surface area contributed by atoms with Crippen molar-refractivity contribution in [3.05, 3.63) is 69.3 Å². The SMILES string of the molecule is Cc1nc(C(C)Nc2cc(=O)n(C)c3ccc(Nc4ccnc(Cl)c4C#N)cc23)no1. The number of aromatic nitrogens is 4. The molecule has 0 saturated heterocycles. The third-order valence-corrected chi connectivity index (χ3v) is 5.13. The lowest BCUT2D eigenvalue weighted by Crippen LogP contribution is -2.18. The van der Waals surface area contributed by atoms with Gasteiger partial charge in [-0.05, 0) is 31.2 Å². The highest BCUT2D eigenvalue weighted by molar-refractivity contribution is 6.31. The fourth-order valence-corrected chi connectivity index (χ4v) is 3.45. The largest absolute Gasteiger partial charge is 0.374 e. The van der Waals surface area contributed by atoms with Crippen LogP contribution in [-0.4, -0.2) is 19.7 Å². The third-order valence-electron chi connectivity index (χ3n) is 4.84. The number of nitriles is 1. The van der Waals surface area contributed by atoms with Crippen LogP contribution in [-0.2, 0) is 7.05 Å². The summed E-state index contributed by atoms with van der Waals surface area (Å²) in [4.78, 5) is 20.7. The average Bonchev–Trinajstić information content (AvgIpc) is 3.18. The number of anilines is 3. The number of hydrogen-bond acceptors (Lipinski definition) is 8. The first-order valence-electron chi connectivity index (χ1n) is 9.39. The van der Waals surface area contributed by atoms with Crippen LogP contribution in [0.15, 0.2) is 45.8 Å². The van der Waals surface area contributed by atoms with Crippen LogP contribution in [0.2, 0.25) is 5.15 Å². The molecule has 156 valence electrons. The molecule has 31 heavy (non-hydrogen) atoms. The molecular formula is C21H18ClN7O2. The Morgan fingerprint density at radius 3 is 2.77 bits per heavy atom. The van der Waals surface area contributed by atoms with Crippen LogP contribution in [0, 0.1) is 18.3 Å². The van der Waals surface area contributed by atoms with Crippen molar-refractivity contribution in [1.29, 1.82) is 5.26 Å². The van der Waals surface area contributed by atoms with E-state index in [0.29, 0.717) is 23.1 Å². The first kappa shape index (κ1) is 20.4. The smallest absolute Gasteiger partial charge is 0.252 e. The molecular weight excluding hydrogens is 418 g/mol. The van der Waals surface area contributed by atoms with Crippen molar-refractivity contribution in [2.24, 2.45) is 7.05 Å². The maximum atomic E-state index is 12.5. The van der Waals surface area contributed by atoms with Gasteiger partial charge in [0.1, 0.15) is 16.8 Å². The number of nitrogens with zero attached hydrogens (tertiary/aromatic N) is 5. The first-order valence-corrected chi connectivity index (χ1v) is 9.77. The number of fused-ring (bicyclic) bond motifs is 1. The van der Waals surface area contributed by atoms with E-state index in [1.165, 1.54) is 12.3 Å². The molecule has 1 aromatic carbocycles. The summed E-state index contributed by atoms with van der Waals surface area (Å²) in [6, 6.07) is 10.5. The van der Waals surface area contributed by atoms with Gasteiger partial charge in [0.2, 0.25) is 5.89 Å². The summed E-state index contributed by atoms with van der Waals surface area (Å²) in [6.07, 6.45) is 1.53. The van der Waals surface area contributed by atoms with Crippen molar-refractivity contribution in [1.82, 2.24) is 19.7 Å². The number of halogens is 1. The molecule has 2 N–H and O–H groups in total. The number of hydrogen-bond donors (Lipinski definition) is 2. The normalized spacial score (nSPS) is 11.8. The molecule has 3 aromatic heterocycles. The van der Waals surface area contributed by atoms with E-state index < -0.39 is 0 Å². The molecule has 0 bridgehead atoms. The maximum Gasteiger partial charge on any atom is 0.252 e. The summed E-state index contributed by atoms with van der Waals surface area (Å²) in [5, 5.41) is 20.8. The Labute approximate surface area is 182 Å². The van der Waals surface area contributed by atoms with E-state index in [9.17, 15) is 10.1 Å². The Morgan fingerprint density at radius 2 is 2.06 bits per heavy atom. The predicted octanol–water partition coefficient (Wildman–Crippen LogP) is 4.07. The van der Waals surface area contributed by atoms with Gasteiger partial charge in [-0.2, -0.15) is 10.2 Å². The van der Waals surface area contributed by atoms with Crippen molar-refractivity contribution < 1.29 is 4.52 Å². The van der Waals surface area contributed by atoms with Gasteiger partial charge in [0.05, 0.1) is 17.2 Å². The number of aryl methyl sites for hydroxylation is 2. The third kappa shape index (κ3) is 3.93. The molecule has 0 aliphatic rings. The van der Waals surface area contributed by atoms with E-state index in [-0.39, 0.29) is 22.3 Å². The van der Waals surface area contributed by atoms with Gasteiger partial charge in [-0.1, -0.05) is 16.8 Å². The average molecular weight is 436 g/mol. The second-order valence-corrected chi connectivity index (χ2v) is 7.34. The fourth-order valence-electron chi connectivity index (χ4n) is 3.25. The number of pyridine rings is 2. The number of rotatable bonds is 5. The molecule has 0 saturated carbocycles. The van der Waals surface area contributed by atoms with Crippen LogP contribution >= 0.6 is 11.6 Å². The Balaban J connectivity index is 1.77. The summed E-state index contributed by atoms with van der Waals surface area (Å²) in [6.45, 7) is 3.60. The van der Waals surface area contributed by atoms with Gasteiger partial charge < -0.3 is 19.7 Å². The summed E-state index contributed by atoms with van der Waals surface area (Å²) < 4.78 is 6.62. The molecule has 4 rings (SSSR count). The molecule has 1 atom stereocenters. The summed E-state index contributed by atoms with van der Waals surface area (Å²) in [5.41, 5.74) is 2.73. The van der Waals surface area contributed by atoms with Crippen LogP contribution in [0.3, 0.4) is 0 Å².